The number of piperidine rings is 1. The molecular formula is C22H40N2O. The van der Waals surface area contributed by atoms with E-state index in [0.717, 1.165) is 18.3 Å². The molecular weight excluding hydrogens is 308 g/mol. The summed E-state index contributed by atoms with van der Waals surface area (Å²) in [4.78, 5) is 0. The monoisotopic (exact) mass is 348 g/mol. The maximum Gasteiger partial charge on any atom is 0.0603 e. The molecule has 3 heteroatoms. The number of aliphatic hydroxyl groups excluding tert-OH is 1. The first kappa shape index (κ1) is 18.3. The summed E-state index contributed by atoms with van der Waals surface area (Å²) in [5.74, 6) is 2.02. The SMILES string of the molecule is CC1(C)CC2NC3CCCCC3C(NCC3CCCCC3)C2[C@@H](O)C1. The Morgan fingerprint density at radius 3 is 2.44 bits per heavy atom. The molecule has 0 amide bonds. The van der Waals surface area contributed by atoms with Crippen molar-refractivity contribution >= 4 is 0 Å². The molecule has 6 atom stereocenters. The van der Waals surface area contributed by atoms with Crippen molar-refractivity contribution in [3.63, 3.8) is 0 Å². The lowest BCUT2D eigenvalue weighted by Gasteiger charge is -2.56. The van der Waals surface area contributed by atoms with E-state index in [2.05, 4.69) is 24.5 Å². The highest BCUT2D eigenvalue weighted by Crippen LogP contribution is 2.46. The van der Waals surface area contributed by atoms with E-state index < -0.39 is 0 Å². The van der Waals surface area contributed by atoms with Gasteiger partial charge >= 0.3 is 0 Å². The van der Waals surface area contributed by atoms with Crippen LogP contribution in [0.3, 0.4) is 0 Å². The van der Waals surface area contributed by atoms with Gasteiger partial charge in [0.1, 0.15) is 0 Å². The topological polar surface area (TPSA) is 44.3 Å². The molecule has 0 aromatic rings. The first-order chi connectivity index (χ1) is 12.0. The fraction of sp³-hybridized carbons (Fsp3) is 1.00. The average molecular weight is 349 g/mol. The highest BCUT2D eigenvalue weighted by molar-refractivity contribution is 5.08. The average Bonchev–Trinajstić information content (AvgIpc) is 2.58. The maximum atomic E-state index is 11.1. The standard InChI is InChI=1S/C22H40N2O/c1-22(2)12-18-20(19(25)13-22)21(16-10-6-7-11-17(16)24-18)23-14-15-8-4-3-5-9-15/h15-21,23-25H,3-14H2,1-2H3/t16?,17?,18?,19-,20?,21?/m0/s1. The van der Waals surface area contributed by atoms with Gasteiger partial charge in [-0.25, -0.2) is 0 Å². The Labute approximate surface area is 154 Å². The molecule has 4 fully saturated rings. The van der Waals surface area contributed by atoms with Gasteiger partial charge in [0.2, 0.25) is 0 Å². The van der Waals surface area contributed by atoms with Crippen LogP contribution in [0.5, 0.6) is 0 Å². The van der Waals surface area contributed by atoms with Crippen LogP contribution in [0.4, 0.5) is 0 Å². The molecule has 144 valence electrons. The Bertz CT molecular complexity index is 445. The van der Waals surface area contributed by atoms with Crippen LogP contribution >= 0.6 is 0 Å². The molecule has 0 aromatic heterocycles. The number of hydrogen-bond donors (Lipinski definition) is 3. The van der Waals surface area contributed by atoms with E-state index in [9.17, 15) is 5.11 Å². The lowest BCUT2D eigenvalue weighted by atomic mass is 9.60. The predicted octanol–water partition coefficient (Wildman–Crippen LogP) is 3.85. The van der Waals surface area contributed by atoms with Crippen molar-refractivity contribution in [2.75, 3.05) is 6.54 Å². The molecule has 5 unspecified atom stereocenters. The van der Waals surface area contributed by atoms with Crippen LogP contribution in [-0.2, 0) is 0 Å². The number of nitrogens with one attached hydrogen (secondary N) is 2. The molecule has 1 heterocycles. The number of rotatable bonds is 3. The second kappa shape index (κ2) is 7.48. The Morgan fingerprint density at radius 2 is 1.64 bits per heavy atom. The number of aliphatic hydroxyl groups is 1. The quantitative estimate of drug-likeness (QED) is 0.726. The van der Waals surface area contributed by atoms with E-state index in [1.807, 2.05) is 0 Å². The molecule has 4 rings (SSSR count). The lowest BCUT2D eigenvalue weighted by molar-refractivity contribution is -0.0669. The molecule has 3 N–H and O–H groups in total. The van der Waals surface area contributed by atoms with Crippen molar-refractivity contribution in [2.45, 2.75) is 109 Å². The minimum atomic E-state index is -0.145. The van der Waals surface area contributed by atoms with Gasteiger partial charge in [-0.1, -0.05) is 46.0 Å². The fourth-order valence-electron chi connectivity index (χ4n) is 6.78. The summed E-state index contributed by atoms with van der Waals surface area (Å²) < 4.78 is 0. The predicted molar refractivity (Wildman–Crippen MR) is 104 cm³/mol. The first-order valence-corrected chi connectivity index (χ1v) is 11.2. The van der Waals surface area contributed by atoms with E-state index >= 15 is 0 Å². The summed E-state index contributed by atoms with van der Waals surface area (Å²) in [7, 11) is 0. The lowest BCUT2D eigenvalue weighted by Crippen LogP contribution is -2.69. The molecule has 0 bridgehead atoms. The van der Waals surface area contributed by atoms with Gasteiger partial charge in [0.05, 0.1) is 6.10 Å². The van der Waals surface area contributed by atoms with Gasteiger partial charge in [-0.15, -0.1) is 0 Å². The van der Waals surface area contributed by atoms with E-state index in [-0.39, 0.29) is 11.5 Å². The third-order valence-corrected chi connectivity index (χ3v) is 7.93. The van der Waals surface area contributed by atoms with E-state index in [0.29, 0.717) is 24.0 Å². The summed E-state index contributed by atoms with van der Waals surface area (Å²) in [6.07, 6.45) is 14.6. The molecule has 3 saturated carbocycles. The molecule has 1 aliphatic heterocycles. The third-order valence-electron chi connectivity index (χ3n) is 7.93. The summed E-state index contributed by atoms with van der Waals surface area (Å²) in [6, 6.07) is 1.71. The zero-order chi connectivity index (χ0) is 17.4. The van der Waals surface area contributed by atoms with Crippen molar-refractivity contribution in [2.24, 2.45) is 23.2 Å². The van der Waals surface area contributed by atoms with Gasteiger partial charge in [-0.3, -0.25) is 0 Å². The Morgan fingerprint density at radius 1 is 0.920 bits per heavy atom. The van der Waals surface area contributed by atoms with Crippen LogP contribution in [0, 0.1) is 23.2 Å². The molecule has 3 nitrogen and oxygen atoms in total. The van der Waals surface area contributed by atoms with E-state index in [1.165, 1.54) is 70.8 Å². The Balaban J connectivity index is 1.49. The zero-order valence-electron chi connectivity index (χ0n) is 16.5. The van der Waals surface area contributed by atoms with Crippen molar-refractivity contribution in [1.29, 1.82) is 0 Å². The molecule has 25 heavy (non-hydrogen) atoms. The molecule has 1 saturated heterocycles. The van der Waals surface area contributed by atoms with Crippen LogP contribution in [0.2, 0.25) is 0 Å². The van der Waals surface area contributed by atoms with Crippen LogP contribution < -0.4 is 10.6 Å². The molecule has 0 spiro atoms. The summed E-state index contributed by atoms with van der Waals surface area (Å²) in [5, 5.41) is 19.1. The fourth-order valence-corrected chi connectivity index (χ4v) is 6.78. The second-order valence-electron chi connectivity index (χ2n) is 10.5. The largest absolute Gasteiger partial charge is 0.393 e. The maximum absolute atomic E-state index is 11.1. The molecule has 0 radical (unpaired) electrons. The van der Waals surface area contributed by atoms with E-state index in [1.54, 1.807) is 0 Å². The highest BCUT2D eigenvalue weighted by Gasteiger charge is 2.51. The zero-order valence-corrected chi connectivity index (χ0v) is 16.5. The van der Waals surface area contributed by atoms with Crippen molar-refractivity contribution in [3.8, 4) is 0 Å². The first-order valence-electron chi connectivity index (χ1n) is 11.2. The third kappa shape index (κ3) is 3.94. The van der Waals surface area contributed by atoms with Gasteiger partial charge in [-0.05, 0) is 62.3 Å². The number of fused-ring (bicyclic) bond motifs is 2. The van der Waals surface area contributed by atoms with Gasteiger partial charge < -0.3 is 15.7 Å². The molecule has 3 aliphatic carbocycles. The summed E-state index contributed by atoms with van der Waals surface area (Å²) in [5.41, 5.74) is 0.267. The summed E-state index contributed by atoms with van der Waals surface area (Å²) in [6.45, 7) is 5.87. The summed E-state index contributed by atoms with van der Waals surface area (Å²) >= 11 is 0. The van der Waals surface area contributed by atoms with Crippen molar-refractivity contribution < 1.29 is 5.11 Å². The second-order valence-corrected chi connectivity index (χ2v) is 10.5. The number of hydrogen-bond acceptors (Lipinski definition) is 3. The van der Waals surface area contributed by atoms with Crippen LogP contribution in [0.1, 0.15) is 84.5 Å². The van der Waals surface area contributed by atoms with Gasteiger partial charge in [0, 0.05) is 24.0 Å². The molecule has 0 aromatic carbocycles. The van der Waals surface area contributed by atoms with Crippen molar-refractivity contribution in [3.05, 3.63) is 0 Å². The van der Waals surface area contributed by atoms with Crippen LogP contribution in [0.25, 0.3) is 0 Å². The van der Waals surface area contributed by atoms with Crippen molar-refractivity contribution in [1.82, 2.24) is 10.6 Å². The van der Waals surface area contributed by atoms with Crippen LogP contribution in [-0.4, -0.2) is 35.9 Å². The minimum Gasteiger partial charge on any atom is -0.393 e. The normalized spacial score (nSPS) is 44.8. The molecule has 4 aliphatic rings. The van der Waals surface area contributed by atoms with E-state index in [4.69, 9.17) is 0 Å². The van der Waals surface area contributed by atoms with Gasteiger partial charge in [0.25, 0.3) is 0 Å². The van der Waals surface area contributed by atoms with Gasteiger partial charge in [-0.2, -0.15) is 0 Å². The Hall–Kier alpha value is -0.120. The minimum absolute atomic E-state index is 0.145. The van der Waals surface area contributed by atoms with Gasteiger partial charge in [0.15, 0.2) is 0 Å². The smallest absolute Gasteiger partial charge is 0.0603 e. The van der Waals surface area contributed by atoms with Crippen LogP contribution in [0.15, 0.2) is 0 Å². The Kier molecular flexibility index (Phi) is 5.46. The highest BCUT2D eigenvalue weighted by atomic mass is 16.3.